The number of unbranched alkanes of at least 4 members (excludes halogenated alkanes) is 1. The molecular weight excluding hydrogens is 286 g/mol. The van der Waals surface area contributed by atoms with Crippen LogP contribution in [0.15, 0.2) is 35.7 Å². The zero-order chi connectivity index (χ0) is 15.1. The van der Waals surface area contributed by atoms with Crippen LogP contribution in [0.3, 0.4) is 0 Å². The Balaban J connectivity index is 1.92. The van der Waals surface area contributed by atoms with E-state index in [4.69, 9.17) is 4.74 Å². The maximum atomic E-state index is 12.1. The lowest BCUT2D eigenvalue weighted by Gasteiger charge is -2.05. The van der Waals surface area contributed by atoms with E-state index >= 15 is 0 Å². The normalized spacial score (nSPS) is 10.6. The van der Waals surface area contributed by atoms with Crippen molar-refractivity contribution in [3.63, 3.8) is 0 Å². The van der Waals surface area contributed by atoms with E-state index in [0.29, 0.717) is 11.3 Å². The monoisotopic (exact) mass is 305 g/mol. The molecule has 0 fully saturated rings. The third-order valence-corrected chi connectivity index (χ3v) is 4.06. The second-order valence-electron chi connectivity index (χ2n) is 4.60. The molecule has 0 amide bonds. The van der Waals surface area contributed by atoms with E-state index in [2.05, 4.69) is 17.1 Å². The zero-order valence-corrected chi connectivity index (χ0v) is 13.1. The summed E-state index contributed by atoms with van der Waals surface area (Å²) in [7, 11) is 1.61. The first kappa shape index (κ1) is 15.6. The molecule has 0 aliphatic rings. The molecule has 0 atom stereocenters. The number of nitrogens with zero attached hydrogens (tertiary/aromatic N) is 3. The van der Waals surface area contributed by atoms with Gasteiger partial charge in [0, 0.05) is 12.1 Å². The molecule has 1 aromatic heterocycles. The van der Waals surface area contributed by atoms with E-state index in [0.717, 1.165) is 30.3 Å². The Morgan fingerprint density at radius 1 is 1.33 bits per heavy atom. The average Bonchev–Trinajstić information content (AvgIpc) is 2.98. The summed E-state index contributed by atoms with van der Waals surface area (Å²) in [4.78, 5) is 12.1. The van der Waals surface area contributed by atoms with Crippen molar-refractivity contribution in [2.75, 3.05) is 12.9 Å². The highest BCUT2D eigenvalue weighted by molar-refractivity contribution is 7.99. The molecule has 1 aromatic carbocycles. The molecule has 0 aliphatic heterocycles. The van der Waals surface area contributed by atoms with Gasteiger partial charge in [-0.3, -0.25) is 4.79 Å². The molecule has 0 spiro atoms. The Labute approximate surface area is 128 Å². The van der Waals surface area contributed by atoms with Gasteiger partial charge in [0.2, 0.25) is 0 Å². The van der Waals surface area contributed by atoms with Crippen LogP contribution < -0.4 is 4.74 Å². The Morgan fingerprint density at radius 3 is 2.76 bits per heavy atom. The molecule has 0 aliphatic carbocycles. The van der Waals surface area contributed by atoms with Gasteiger partial charge in [-0.1, -0.05) is 25.1 Å². The molecule has 2 aromatic rings. The predicted octanol–water partition coefficient (Wildman–Crippen LogP) is 3.06. The number of hydrogen-bond acceptors (Lipinski definition) is 5. The van der Waals surface area contributed by atoms with Gasteiger partial charge in [0.1, 0.15) is 12.1 Å². The lowest BCUT2D eigenvalue weighted by Crippen LogP contribution is -2.05. The largest absolute Gasteiger partial charge is 0.497 e. The minimum Gasteiger partial charge on any atom is -0.497 e. The van der Waals surface area contributed by atoms with Gasteiger partial charge in [0.05, 0.1) is 12.9 Å². The van der Waals surface area contributed by atoms with Crippen molar-refractivity contribution in [2.24, 2.45) is 0 Å². The van der Waals surface area contributed by atoms with Gasteiger partial charge in [-0.2, -0.15) is 0 Å². The van der Waals surface area contributed by atoms with E-state index in [1.54, 1.807) is 37.7 Å². The van der Waals surface area contributed by atoms with Gasteiger partial charge in [-0.05, 0) is 30.7 Å². The molecule has 5 nitrogen and oxygen atoms in total. The molecule has 21 heavy (non-hydrogen) atoms. The molecular formula is C15H19N3O2S. The van der Waals surface area contributed by atoms with Crippen molar-refractivity contribution in [3.8, 4) is 5.75 Å². The van der Waals surface area contributed by atoms with E-state index in [1.165, 1.54) is 11.8 Å². The smallest absolute Gasteiger partial charge is 0.191 e. The van der Waals surface area contributed by atoms with Crippen LogP contribution in [-0.2, 0) is 6.54 Å². The van der Waals surface area contributed by atoms with E-state index in [9.17, 15) is 4.79 Å². The van der Waals surface area contributed by atoms with Crippen LogP contribution in [0, 0.1) is 0 Å². The van der Waals surface area contributed by atoms with Crippen LogP contribution in [-0.4, -0.2) is 33.4 Å². The minimum absolute atomic E-state index is 0.0766. The lowest BCUT2D eigenvalue weighted by molar-refractivity contribution is 0.102. The molecule has 112 valence electrons. The number of methoxy groups -OCH3 is 1. The Morgan fingerprint density at radius 2 is 2.10 bits per heavy atom. The van der Waals surface area contributed by atoms with Crippen molar-refractivity contribution in [2.45, 2.75) is 31.5 Å². The van der Waals surface area contributed by atoms with Crippen LogP contribution in [0.25, 0.3) is 0 Å². The number of carbonyl (C=O) groups excluding carboxylic acids is 1. The van der Waals surface area contributed by atoms with Crippen molar-refractivity contribution < 1.29 is 9.53 Å². The number of carbonyl (C=O) groups is 1. The summed E-state index contributed by atoms with van der Waals surface area (Å²) in [5, 5.41) is 8.78. The highest BCUT2D eigenvalue weighted by Crippen LogP contribution is 2.18. The second-order valence-corrected chi connectivity index (χ2v) is 5.54. The van der Waals surface area contributed by atoms with Crippen molar-refractivity contribution in [3.05, 3.63) is 36.2 Å². The SMILES string of the molecule is CCCCn1cnnc1SCC(=O)c1ccc(OC)cc1. The highest BCUT2D eigenvalue weighted by Gasteiger charge is 2.10. The fraction of sp³-hybridized carbons (Fsp3) is 0.400. The maximum absolute atomic E-state index is 12.1. The van der Waals surface area contributed by atoms with Gasteiger partial charge in [0.15, 0.2) is 10.9 Å². The topological polar surface area (TPSA) is 57.0 Å². The first-order valence-corrected chi connectivity index (χ1v) is 7.91. The molecule has 0 bridgehead atoms. The third kappa shape index (κ3) is 4.32. The van der Waals surface area contributed by atoms with Crippen LogP contribution in [0.1, 0.15) is 30.1 Å². The average molecular weight is 305 g/mol. The second kappa shape index (κ2) is 7.83. The molecule has 6 heteroatoms. The number of rotatable bonds is 8. The highest BCUT2D eigenvalue weighted by atomic mass is 32.2. The molecule has 1 heterocycles. The number of Topliss-reactive ketones (excluding diaryl/α,β-unsaturated/α-hetero) is 1. The van der Waals surface area contributed by atoms with E-state index in [-0.39, 0.29) is 5.78 Å². The number of benzene rings is 1. The third-order valence-electron chi connectivity index (χ3n) is 3.08. The van der Waals surface area contributed by atoms with Crippen LogP contribution in [0.5, 0.6) is 5.75 Å². The number of aryl methyl sites for hydroxylation is 1. The Bertz CT molecular complexity index is 581. The predicted molar refractivity (Wildman–Crippen MR) is 83.0 cm³/mol. The Hall–Kier alpha value is -1.82. The molecule has 0 saturated carbocycles. The fourth-order valence-corrected chi connectivity index (χ4v) is 2.66. The summed E-state index contributed by atoms with van der Waals surface area (Å²) in [5.41, 5.74) is 0.683. The Kier molecular flexibility index (Phi) is 5.80. The fourth-order valence-electron chi connectivity index (χ4n) is 1.83. The molecule has 0 saturated heterocycles. The number of ketones is 1. The van der Waals surface area contributed by atoms with Crippen molar-refractivity contribution in [1.82, 2.24) is 14.8 Å². The molecule has 0 unspecified atom stereocenters. The summed E-state index contributed by atoms with van der Waals surface area (Å²) in [6, 6.07) is 7.15. The first-order valence-electron chi connectivity index (χ1n) is 6.92. The minimum atomic E-state index is 0.0766. The van der Waals surface area contributed by atoms with Crippen LogP contribution in [0.2, 0.25) is 0 Å². The van der Waals surface area contributed by atoms with Gasteiger partial charge in [-0.25, -0.2) is 0 Å². The molecule has 0 radical (unpaired) electrons. The molecule has 2 rings (SSSR count). The van der Waals surface area contributed by atoms with Crippen LogP contribution in [0.4, 0.5) is 0 Å². The molecule has 0 N–H and O–H groups in total. The van der Waals surface area contributed by atoms with Crippen molar-refractivity contribution >= 4 is 17.5 Å². The summed E-state index contributed by atoms with van der Waals surface area (Å²) in [5.74, 6) is 1.18. The number of thioether (sulfide) groups is 1. The van der Waals surface area contributed by atoms with Gasteiger partial charge in [-0.15, -0.1) is 10.2 Å². The summed E-state index contributed by atoms with van der Waals surface area (Å²) in [6.45, 7) is 3.03. The van der Waals surface area contributed by atoms with Gasteiger partial charge >= 0.3 is 0 Å². The van der Waals surface area contributed by atoms with Crippen LogP contribution >= 0.6 is 11.8 Å². The number of ether oxygens (including phenoxy) is 1. The van der Waals surface area contributed by atoms with E-state index < -0.39 is 0 Å². The number of aromatic nitrogens is 3. The first-order chi connectivity index (χ1) is 10.2. The van der Waals surface area contributed by atoms with Crippen molar-refractivity contribution in [1.29, 1.82) is 0 Å². The quantitative estimate of drug-likeness (QED) is 0.554. The summed E-state index contributed by atoms with van der Waals surface area (Å²) in [6.07, 6.45) is 3.92. The maximum Gasteiger partial charge on any atom is 0.191 e. The van der Waals surface area contributed by atoms with Gasteiger partial charge in [0.25, 0.3) is 0 Å². The standard InChI is InChI=1S/C15H19N3O2S/c1-3-4-9-18-11-16-17-15(18)21-10-14(19)12-5-7-13(20-2)8-6-12/h5-8,11H,3-4,9-10H2,1-2H3. The lowest BCUT2D eigenvalue weighted by atomic mass is 10.1. The zero-order valence-electron chi connectivity index (χ0n) is 12.3. The number of hydrogen-bond donors (Lipinski definition) is 0. The van der Waals surface area contributed by atoms with Gasteiger partial charge < -0.3 is 9.30 Å². The summed E-state index contributed by atoms with van der Waals surface area (Å²) >= 11 is 1.43. The summed E-state index contributed by atoms with van der Waals surface area (Å²) < 4.78 is 7.08. The van der Waals surface area contributed by atoms with E-state index in [1.807, 2.05) is 4.57 Å².